The summed E-state index contributed by atoms with van der Waals surface area (Å²) in [6, 6.07) is 11.4. The Kier molecular flexibility index (Phi) is 5.27. The van der Waals surface area contributed by atoms with Crippen LogP contribution >= 0.6 is 0 Å². The standard InChI is InChI=1S/C19H22O4/c1-12-5-7-15(13(2)9-12)16(19(20)21)10-14-6-8-17(22-3)18(11-14)23-4/h5-9,11,16H,10H2,1-4H3,(H,20,21). The van der Waals surface area contributed by atoms with Gasteiger partial charge in [0, 0.05) is 0 Å². The second kappa shape index (κ2) is 7.18. The van der Waals surface area contributed by atoms with Crippen molar-refractivity contribution in [2.75, 3.05) is 14.2 Å². The number of carbonyl (C=O) groups is 1. The van der Waals surface area contributed by atoms with Crippen molar-refractivity contribution in [3.05, 3.63) is 58.7 Å². The van der Waals surface area contributed by atoms with Crippen LogP contribution in [0.3, 0.4) is 0 Å². The van der Waals surface area contributed by atoms with Crippen molar-refractivity contribution < 1.29 is 19.4 Å². The molecule has 0 aliphatic carbocycles. The van der Waals surface area contributed by atoms with E-state index < -0.39 is 11.9 Å². The molecule has 1 N–H and O–H groups in total. The number of benzene rings is 2. The molecular weight excluding hydrogens is 292 g/mol. The molecule has 0 radical (unpaired) electrons. The molecule has 4 heteroatoms. The monoisotopic (exact) mass is 314 g/mol. The molecule has 0 aliphatic rings. The van der Waals surface area contributed by atoms with E-state index in [1.54, 1.807) is 20.3 Å². The van der Waals surface area contributed by atoms with Crippen LogP contribution in [0.5, 0.6) is 11.5 Å². The molecule has 2 aromatic carbocycles. The van der Waals surface area contributed by atoms with E-state index in [2.05, 4.69) is 0 Å². The van der Waals surface area contributed by atoms with E-state index in [-0.39, 0.29) is 0 Å². The van der Waals surface area contributed by atoms with E-state index in [0.29, 0.717) is 17.9 Å². The summed E-state index contributed by atoms with van der Waals surface area (Å²) in [4.78, 5) is 11.8. The minimum Gasteiger partial charge on any atom is -0.493 e. The zero-order valence-electron chi connectivity index (χ0n) is 13.9. The molecular formula is C19H22O4. The van der Waals surface area contributed by atoms with E-state index in [0.717, 1.165) is 22.3 Å². The lowest BCUT2D eigenvalue weighted by Gasteiger charge is -2.17. The number of hydrogen-bond acceptors (Lipinski definition) is 3. The molecule has 23 heavy (non-hydrogen) atoms. The summed E-state index contributed by atoms with van der Waals surface area (Å²) < 4.78 is 10.5. The number of rotatable bonds is 6. The van der Waals surface area contributed by atoms with Crippen LogP contribution in [0.1, 0.15) is 28.2 Å². The maximum absolute atomic E-state index is 11.8. The van der Waals surface area contributed by atoms with Crippen molar-refractivity contribution in [2.24, 2.45) is 0 Å². The fourth-order valence-corrected chi connectivity index (χ4v) is 2.79. The van der Waals surface area contributed by atoms with E-state index in [9.17, 15) is 9.90 Å². The van der Waals surface area contributed by atoms with Crippen molar-refractivity contribution in [3.8, 4) is 11.5 Å². The van der Waals surface area contributed by atoms with Gasteiger partial charge in [0.1, 0.15) is 0 Å². The summed E-state index contributed by atoms with van der Waals surface area (Å²) in [5, 5.41) is 9.65. The fourth-order valence-electron chi connectivity index (χ4n) is 2.79. The third-order valence-corrected chi connectivity index (χ3v) is 3.99. The first-order valence-electron chi connectivity index (χ1n) is 7.47. The van der Waals surface area contributed by atoms with E-state index in [1.165, 1.54) is 0 Å². The molecule has 1 unspecified atom stereocenters. The van der Waals surface area contributed by atoms with E-state index in [4.69, 9.17) is 9.47 Å². The lowest BCUT2D eigenvalue weighted by Crippen LogP contribution is -2.16. The SMILES string of the molecule is COc1ccc(CC(C(=O)O)c2ccc(C)cc2C)cc1OC. The van der Waals surface area contributed by atoms with Gasteiger partial charge in [-0.05, 0) is 49.1 Å². The van der Waals surface area contributed by atoms with Crippen LogP contribution in [0, 0.1) is 13.8 Å². The molecule has 2 rings (SSSR count). The van der Waals surface area contributed by atoms with Crippen molar-refractivity contribution in [1.29, 1.82) is 0 Å². The van der Waals surface area contributed by atoms with Gasteiger partial charge in [0.15, 0.2) is 11.5 Å². The van der Waals surface area contributed by atoms with Gasteiger partial charge in [0.25, 0.3) is 0 Å². The highest BCUT2D eigenvalue weighted by atomic mass is 16.5. The molecule has 0 bridgehead atoms. The summed E-state index contributed by atoms with van der Waals surface area (Å²) in [6.07, 6.45) is 0.402. The Morgan fingerprint density at radius 2 is 1.74 bits per heavy atom. The molecule has 4 nitrogen and oxygen atoms in total. The maximum atomic E-state index is 11.8. The Balaban J connectivity index is 2.35. The smallest absolute Gasteiger partial charge is 0.311 e. The van der Waals surface area contributed by atoms with Crippen LogP contribution in [0.25, 0.3) is 0 Å². The summed E-state index contributed by atoms with van der Waals surface area (Å²) in [7, 11) is 3.15. The largest absolute Gasteiger partial charge is 0.493 e. The molecule has 0 heterocycles. The highest BCUT2D eigenvalue weighted by Gasteiger charge is 2.22. The van der Waals surface area contributed by atoms with Crippen LogP contribution in [-0.4, -0.2) is 25.3 Å². The van der Waals surface area contributed by atoms with Gasteiger partial charge >= 0.3 is 5.97 Å². The Bertz CT molecular complexity index is 707. The van der Waals surface area contributed by atoms with Crippen LogP contribution in [-0.2, 0) is 11.2 Å². The Morgan fingerprint density at radius 1 is 1.04 bits per heavy atom. The Hall–Kier alpha value is -2.49. The third kappa shape index (κ3) is 3.83. The quantitative estimate of drug-likeness (QED) is 0.882. The average molecular weight is 314 g/mol. The van der Waals surface area contributed by atoms with E-state index in [1.807, 2.05) is 44.2 Å². The number of methoxy groups -OCH3 is 2. The van der Waals surface area contributed by atoms with Gasteiger partial charge in [0.05, 0.1) is 20.1 Å². The van der Waals surface area contributed by atoms with Crippen LogP contribution < -0.4 is 9.47 Å². The van der Waals surface area contributed by atoms with Gasteiger partial charge < -0.3 is 14.6 Å². The van der Waals surface area contributed by atoms with Gasteiger partial charge in [-0.25, -0.2) is 0 Å². The second-order valence-electron chi connectivity index (χ2n) is 5.64. The molecule has 0 fully saturated rings. The summed E-state index contributed by atoms with van der Waals surface area (Å²) in [5.41, 5.74) is 3.87. The molecule has 0 aromatic heterocycles. The van der Waals surface area contributed by atoms with Gasteiger partial charge in [-0.15, -0.1) is 0 Å². The number of hydrogen-bond donors (Lipinski definition) is 1. The zero-order chi connectivity index (χ0) is 17.0. The molecule has 0 amide bonds. The number of ether oxygens (including phenoxy) is 2. The first-order chi connectivity index (χ1) is 11.0. The number of aryl methyl sites for hydroxylation is 2. The molecule has 0 aliphatic heterocycles. The Morgan fingerprint density at radius 3 is 2.30 bits per heavy atom. The normalized spacial score (nSPS) is 11.8. The summed E-state index contributed by atoms with van der Waals surface area (Å²) in [5.74, 6) is -0.176. The molecule has 0 saturated heterocycles. The number of carboxylic acid groups (broad SMARTS) is 1. The summed E-state index contributed by atoms with van der Waals surface area (Å²) in [6.45, 7) is 3.95. The number of carboxylic acids is 1. The first-order valence-corrected chi connectivity index (χ1v) is 7.47. The van der Waals surface area contributed by atoms with Crippen molar-refractivity contribution in [1.82, 2.24) is 0 Å². The third-order valence-electron chi connectivity index (χ3n) is 3.99. The maximum Gasteiger partial charge on any atom is 0.311 e. The van der Waals surface area contributed by atoms with Gasteiger partial charge in [-0.3, -0.25) is 4.79 Å². The highest BCUT2D eigenvalue weighted by Crippen LogP contribution is 2.31. The zero-order valence-corrected chi connectivity index (χ0v) is 13.9. The molecule has 0 spiro atoms. The predicted molar refractivity (Wildman–Crippen MR) is 89.5 cm³/mol. The van der Waals surface area contributed by atoms with Gasteiger partial charge in [0.2, 0.25) is 0 Å². The minimum atomic E-state index is -0.827. The molecule has 122 valence electrons. The topological polar surface area (TPSA) is 55.8 Å². The highest BCUT2D eigenvalue weighted by molar-refractivity contribution is 5.77. The number of aliphatic carboxylic acids is 1. The van der Waals surface area contributed by atoms with Crippen LogP contribution in [0.4, 0.5) is 0 Å². The predicted octanol–water partition coefficient (Wildman–Crippen LogP) is 3.73. The molecule has 2 aromatic rings. The van der Waals surface area contributed by atoms with E-state index >= 15 is 0 Å². The van der Waals surface area contributed by atoms with Crippen LogP contribution in [0.2, 0.25) is 0 Å². The second-order valence-corrected chi connectivity index (χ2v) is 5.64. The van der Waals surface area contributed by atoms with Gasteiger partial charge in [-0.1, -0.05) is 29.8 Å². The lowest BCUT2D eigenvalue weighted by molar-refractivity contribution is -0.138. The summed E-state index contributed by atoms with van der Waals surface area (Å²) >= 11 is 0. The van der Waals surface area contributed by atoms with Gasteiger partial charge in [-0.2, -0.15) is 0 Å². The van der Waals surface area contributed by atoms with Crippen LogP contribution in [0.15, 0.2) is 36.4 Å². The first kappa shape index (κ1) is 16.9. The van der Waals surface area contributed by atoms with Crippen molar-refractivity contribution in [3.63, 3.8) is 0 Å². The molecule has 0 saturated carbocycles. The van der Waals surface area contributed by atoms with Crippen molar-refractivity contribution in [2.45, 2.75) is 26.2 Å². The fraction of sp³-hybridized carbons (Fsp3) is 0.316. The molecule has 1 atom stereocenters. The average Bonchev–Trinajstić information content (AvgIpc) is 2.52. The minimum absolute atomic E-state index is 0.402. The Labute approximate surface area is 136 Å². The lowest BCUT2D eigenvalue weighted by atomic mass is 9.88. The van der Waals surface area contributed by atoms with Crippen molar-refractivity contribution >= 4 is 5.97 Å².